The molecule has 2 N–H and O–H groups in total. The molecule has 6 nitrogen and oxygen atoms in total. The van der Waals surface area contributed by atoms with Gasteiger partial charge >= 0.3 is 11.7 Å². The zero-order chi connectivity index (χ0) is 14.6. The van der Waals surface area contributed by atoms with Crippen molar-refractivity contribution in [1.82, 2.24) is 0 Å². The average molecular weight is 295 g/mol. The van der Waals surface area contributed by atoms with E-state index in [1.807, 2.05) is 0 Å². The summed E-state index contributed by atoms with van der Waals surface area (Å²) in [5.41, 5.74) is -0.249. The second kappa shape index (κ2) is 5.93. The first-order valence-electron chi connectivity index (χ1n) is 5.04. The van der Waals surface area contributed by atoms with Crippen molar-refractivity contribution in [3.8, 4) is 0 Å². The predicted molar refractivity (Wildman–Crippen MR) is 62.8 cm³/mol. The quantitative estimate of drug-likeness (QED) is 0.807. The second-order valence-corrected chi connectivity index (χ2v) is 5.28. The number of halogens is 2. The summed E-state index contributed by atoms with van der Waals surface area (Å²) >= 11 is 0. The number of aliphatic hydroxyl groups is 1. The van der Waals surface area contributed by atoms with Crippen LogP contribution >= 0.6 is 0 Å². The number of aromatic carboxylic acids is 1. The summed E-state index contributed by atoms with van der Waals surface area (Å²) in [6, 6.07) is 4.34. The minimum atomic E-state index is -4.89. The van der Waals surface area contributed by atoms with Gasteiger partial charge in [-0.1, -0.05) is 0 Å². The Hall–Kier alpha value is -1.74. The van der Waals surface area contributed by atoms with E-state index in [0.717, 1.165) is 24.3 Å². The molecule has 106 valence electrons. The molecule has 0 spiro atoms. The molecule has 1 aromatic carbocycles. The van der Waals surface area contributed by atoms with Crippen molar-refractivity contribution in [2.45, 2.75) is 5.76 Å². The molecule has 1 rings (SSSR count). The van der Waals surface area contributed by atoms with E-state index in [4.69, 9.17) is 10.2 Å². The predicted octanol–water partition coefficient (Wildman–Crippen LogP) is 0.736. The van der Waals surface area contributed by atoms with Gasteiger partial charge in [-0.15, -0.1) is 0 Å². The first-order chi connectivity index (χ1) is 8.80. The molecule has 0 amide bonds. The summed E-state index contributed by atoms with van der Waals surface area (Å²) in [7, 11) is -4.89. The molecule has 0 bridgehead atoms. The number of carboxylic acids is 1. The molecule has 0 radical (unpaired) electrons. The van der Waals surface area contributed by atoms with Crippen LogP contribution in [0.25, 0.3) is 0 Å². The van der Waals surface area contributed by atoms with Crippen molar-refractivity contribution < 1.29 is 32.2 Å². The van der Waals surface area contributed by atoms with Crippen LogP contribution in [0.3, 0.4) is 0 Å². The van der Waals surface area contributed by atoms with E-state index in [2.05, 4.69) is 0 Å². The third-order valence-electron chi connectivity index (χ3n) is 2.24. The fourth-order valence-electron chi connectivity index (χ4n) is 1.36. The molecule has 0 saturated carbocycles. The molecule has 0 aliphatic rings. The number of carboxylic acid groups (broad SMARTS) is 1. The lowest BCUT2D eigenvalue weighted by Crippen LogP contribution is -2.37. The molecule has 0 atom stereocenters. The monoisotopic (exact) mass is 295 g/mol. The number of aliphatic hydroxyl groups excluding tert-OH is 1. The molecule has 0 unspecified atom stereocenters. The van der Waals surface area contributed by atoms with Crippen LogP contribution in [0.2, 0.25) is 0 Å². The Kier molecular flexibility index (Phi) is 4.78. The van der Waals surface area contributed by atoms with E-state index in [-0.39, 0.29) is 11.3 Å². The van der Waals surface area contributed by atoms with Crippen molar-refractivity contribution >= 4 is 21.7 Å². The van der Waals surface area contributed by atoms with Gasteiger partial charge in [-0.05, 0) is 24.3 Å². The molecule has 1 aromatic rings. The van der Waals surface area contributed by atoms with Crippen molar-refractivity contribution in [1.29, 1.82) is 0 Å². The molecular formula is C10H11F2NO5S. The lowest BCUT2D eigenvalue weighted by atomic mass is 10.2. The van der Waals surface area contributed by atoms with Gasteiger partial charge in [-0.3, -0.25) is 4.31 Å². The van der Waals surface area contributed by atoms with Gasteiger partial charge in [0.05, 0.1) is 24.4 Å². The largest absolute Gasteiger partial charge is 0.478 e. The van der Waals surface area contributed by atoms with E-state index in [1.165, 1.54) is 0 Å². The van der Waals surface area contributed by atoms with E-state index < -0.39 is 34.9 Å². The van der Waals surface area contributed by atoms with Crippen LogP contribution in [-0.4, -0.2) is 43.5 Å². The smallest absolute Gasteiger partial charge is 0.355 e. The highest BCUT2D eigenvalue weighted by Gasteiger charge is 2.32. The summed E-state index contributed by atoms with van der Waals surface area (Å²) in [5, 5.41) is 17.4. The molecule has 9 heteroatoms. The van der Waals surface area contributed by atoms with Gasteiger partial charge in [0.25, 0.3) is 10.0 Å². The molecule has 0 saturated heterocycles. The van der Waals surface area contributed by atoms with Crippen LogP contribution in [0.5, 0.6) is 0 Å². The number of rotatable bonds is 6. The normalized spacial score (nSPS) is 11.6. The average Bonchev–Trinajstić information content (AvgIpc) is 2.35. The summed E-state index contributed by atoms with van der Waals surface area (Å²) in [6.07, 6.45) is 0. The zero-order valence-corrected chi connectivity index (χ0v) is 10.3. The summed E-state index contributed by atoms with van der Waals surface area (Å²) in [4.78, 5) is 10.6. The summed E-state index contributed by atoms with van der Waals surface area (Å²) < 4.78 is 48.1. The van der Waals surface area contributed by atoms with Crippen molar-refractivity contribution in [3.05, 3.63) is 29.8 Å². The maximum Gasteiger partial charge on any atom is 0.355 e. The topological polar surface area (TPSA) is 94.9 Å². The SMILES string of the molecule is O=C(O)c1ccc(N(CCO)S(=O)(=O)C(F)F)cc1. The van der Waals surface area contributed by atoms with Gasteiger partial charge < -0.3 is 10.2 Å². The van der Waals surface area contributed by atoms with Crippen molar-refractivity contribution in [2.75, 3.05) is 17.5 Å². The Morgan fingerprint density at radius 2 is 1.79 bits per heavy atom. The van der Waals surface area contributed by atoms with Gasteiger partial charge in [0.15, 0.2) is 0 Å². The van der Waals surface area contributed by atoms with Crippen LogP contribution in [0, 0.1) is 0 Å². The van der Waals surface area contributed by atoms with Crippen LogP contribution in [-0.2, 0) is 10.0 Å². The molecule has 0 aliphatic heterocycles. The lowest BCUT2D eigenvalue weighted by Gasteiger charge is -2.22. The first-order valence-corrected chi connectivity index (χ1v) is 6.55. The number of carbonyl (C=O) groups is 1. The molecule has 0 fully saturated rings. The van der Waals surface area contributed by atoms with E-state index in [9.17, 15) is 22.0 Å². The lowest BCUT2D eigenvalue weighted by molar-refractivity contribution is 0.0697. The highest BCUT2D eigenvalue weighted by Crippen LogP contribution is 2.22. The summed E-state index contributed by atoms with van der Waals surface area (Å²) in [6.45, 7) is -1.19. The number of hydrogen-bond acceptors (Lipinski definition) is 4. The highest BCUT2D eigenvalue weighted by molar-refractivity contribution is 7.93. The Bertz CT molecular complexity index is 544. The maximum atomic E-state index is 12.5. The fourth-order valence-corrected chi connectivity index (χ4v) is 2.30. The van der Waals surface area contributed by atoms with Gasteiger partial charge in [0, 0.05) is 0 Å². The van der Waals surface area contributed by atoms with E-state index >= 15 is 0 Å². The van der Waals surface area contributed by atoms with Crippen LogP contribution in [0.1, 0.15) is 10.4 Å². The van der Waals surface area contributed by atoms with Gasteiger partial charge in [0.2, 0.25) is 0 Å². The molecule has 0 heterocycles. The fraction of sp³-hybridized carbons (Fsp3) is 0.300. The van der Waals surface area contributed by atoms with Crippen LogP contribution < -0.4 is 4.31 Å². The number of anilines is 1. The number of hydrogen-bond donors (Lipinski definition) is 2. The number of nitrogens with zero attached hydrogens (tertiary/aromatic N) is 1. The van der Waals surface area contributed by atoms with Crippen molar-refractivity contribution in [2.24, 2.45) is 0 Å². The maximum absolute atomic E-state index is 12.5. The molecular weight excluding hydrogens is 284 g/mol. The standard InChI is InChI=1S/C10H11F2NO5S/c11-10(12)19(17,18)13(5-6-14)8-3-1-7(2-4-8)9(15)16/h1-4,10,14H,5-6H2,(H,15,16). The Labute approximate surface area is 107 Å². The number of benzene rings is 1. The zero-order valence-electron chi connectivity index (χ0n) is 9.53. The Balaban J connectivity index is 3.17. The van der Waals surface area contributed by atoms with E-state index in [0.29, 0.717) is 4.31 Å². The third kappa shape index (κ3) is 3.38. The van der Waals surface area contributed by atoms with Gasteiger partial charge in [0.1, 0.15) is 0 Å². The van der Waals surface area contributed by atoms with Crippen molar-refractivity contribution in [3.63, 3.8) is 0 Å². The highest BCUT2D eigenvalue weighted by atomic mass is 32.2. The molecule has 0 aromatic heterocycles. The molecule has 0 aliphatic carbocycles. The van der Waals surface area contributed by atoms with Crippen LogP contribution in [0.4, 0.5) is 14.5 Å². The van der Waals surface area contributed by atoms with Crippen LogP contribution in [0.15, 0.2) is 24.3 Å². The first kappa shape index (κ1) is 15.3. The minimum Gasteiger partial charge on any atom is -0.478 e. The van der Waals surface area contributed by atoms with E-state index in [1.54, 1.807) is 0 Å². The number of alkyl halides is 2. The van der Waals surface area contributed by atoms with Gasteiger partial charge in [-0.25, -0.2) is 13.2 Å². The summed E-state index contributed by atoms with van der Waals surface area (Å²) in [5.74, 6) is -4.85. The van der Waals surface area contributed by atoms with Gasteiger partial charge in [-0.2, -0.15) is 8.78 Å². The third-order valence-corrected chi connectivity index (χ3v) is 3.70. The Morgan fingerprint density at radius 3 is 2.16 bits per heavy atom. The minimum absolute atomic E-state index is 0.109. The second-order valence-electron chi connectivity index (χ2n) is 3.45. The Morgan fingerprint density at radius 1 is 1.26 bits per heavy atom. The number of sulfonamides is 1. The molecule has 19 heavy (non-hydrogen) atoms.